The summed E-state index contributed by atoms with van der Waals surface area (Å²) in [5.74, 6) is -0.634. The number of ketones is 1. The third-order valence-electron chi connectivity index (χ3n) is 4.93. The van der Waals surface area contributed by atoms with Crippen molar-refractivity contribution < 1.29 is 14.7 Å². The maximum absolute atomic E-state index is 13.0. The summed E-state index contributed by atoms with van der Waals surface area (Å²) in [5.41, 5.74) is 2.83. The average Bonchev–Trinajstić information content (AvgIpc) is 2.74. The number of carbonyl (C=O) groups is 2. The highest BCUT2D eigenvalue weighted by atomic mass is 16.3. The van der Waals surface area contributed by atoms with E-state index in [1.54, 1.807) is 12.1 Å². The molecule has 2 aromatic carbocycles. The molecule has 1 aliphatic heterocycles. The SMILES string of the molecule is CCN1C(=O)[C@@](O)(CC(=O)c2c(C)cc(C)cc2C)c2ccccc21. The predicted molar refractivity (Wildman–Crippen MR) is 98.0 cm³/mol. The lowest BCUT2D eigenvalue weighted by molar-refractivity contribution is -0.135. The van der Waals surface area contributed by atoms with Crippen LogP contribution in [0.1, 0.15) is 46.0 Å². The first-order valence-electron chi connectivity index (χ1n) is 8.54. The highest BCUT2D eigenvalue weighted by Crippen LogP contribution is 2.42. The largest absolute Gasteiger partial charge is 0.375 e. The van der Waals surface area contributed by atoms with E-state index in [1.165, 1.54) is 4.90 Å². The fourth-order valence-corrected chi connectivity index (χ4v) is 3.93. The standard InChI is InChI=1S/C21H23NO3/c1-5-22-17-9-7-6-8-16(17)21(25,20(22)24)12-18(23)19-14(3)10-13(2)11-15(19)4/h6-11,25H,5,12H2,1-4H3/t21-/m1/s1. The summed E-state index contributed by atoms with van der Waals surface area (Å²) in [7, 11) is 0. The first kappa shape index (κ1) is 17.4. The molecule has 2 aromatic rings. The lowest BCUT2D eigenvalue weighted by Gasteiger charge is -2.23. The van der Waals surface area contributed by atoms with Crippen molar-refractivity contribution >= 4 is 17.4 Å². The van der Waals surface area contributed by atoms with Crippen LogP contribution in [0.5, 0.6) is 0 Å². The second-order valence-corrected chi connectivity index (χ2v) is 6.80. The summed E-state index contributed by atoms with van der Waals surface area (Å²) in [4.78, 5) is 27.3. The van der Waals surface area contributed by atoms with Gasteiger partial charge < -0.3 is 10.0 Å². The summed E-state index contributed by atoms with van der Waals surface area (Å²) >= 11 is 0. The van der Waals surface area contributed by atoms with E-state index in [0.717, 1.165) is 16.7 Å². The highest BCUT2D eigenvalue weighted by molar-refractivity contribution is 6.11. The van der Waals surface area contributed by atoms with Gasteiger partial charge in [-0.2, -0.15) is 0 Å². The number of likely N-dealkylation sites (N-methyl/N-ethyl adjacent to an activating group) is 1. The zero-order valence-corrected chi connectivity index (χ0v) is 15.1. The van der Waals surface area contributed by atoms with Crippen LogP contribution < -0.4 is 4.90 Å². The van der Waals surface area contributed by atoms with Crippen LogP contribution in [0.3, 0.4) is 0 Å². The normalized spacial score (nSPS) is 19.2. The Kier molecular flexibility index (Phi) is 4.25. The summed E-state index contributed by atoms with van der Waals surface area (Å²) in [5, 5.41) is 11.2. The number of hydrogen-bond acceptors (Lipinski definition) is 3. The number of aryl methyl sites for hydroxylation is 3. The van der Waals surface area contributed by atoms with Gasteiger partial charge in [0.1, 0.15) is 0 Å². The molecule has 4 nitrogen and oxygen atoms in total. The van der Waals surface area contributed by atoms with Crippen molar-refractivity contribution in [1.82, 2.24) is 0 Å². The van der Waals surface area contributed by atoms with E-state index in [0.29, 0.717) is 23.4 Å². The van der Waals surface area contributed by atoms with Crippen LogP contribution >= 0.6 is 0 Å². The van der Waals surface area contributed by atoms with Crippen LogP contribution in [-0.4, -0.2) is 23.3 Å². The van der Waals surface area contributed by atoms with Gasteiger partial charge in [0.05, 0.1) is 12.1 Å². The summed E-state index contributed by atoms with van der Waals surface area (Å²) < 4.78 is 0. The maximum atomic E-state index is 13.0. The Morgan fingerprint density at radius 2 is 1.72 bits per heavy atom. The zero-order valence-electron chi connectivity index (χ0n) is 15.1. The highest BCUT2D eigenvalue weighted by Gasteiger charge is 2.50. The number of carbonyl (C=O) groups excluding carboxylic acids is 2. The molecule has 1 atom stereocenters. The molecular weight excluding hydrogens is 314 g/mol. The van der Waals surface area contributed by atoms with Crippen LogP contribution in [0.25, 0.3) is 0 Å². The van der Waals surface area contributed by atoms with Gasteiger partial charge in [-0.1, -0.05) is 35.9 Å². The summed E-state index contributed by atoms with van der Waals surface area (Å²) in [6.45, 7) is 8.07. The average molecular weight is 337 g/mol. The third kappa shape index (κ3) is 2.67. The van der Waals surface area contributed by atoms with Gasteiger partial charge in [-0.15, -0.1) is 0 Å². The number of para-hydroxylation sites is 1. The smallest absolute Gasteiger partial charge is 0.264 e. The van der Waals surface area contributed by atoms with Gasteiger partial charge >= 0.3 is 0 Å². The molecule has 1 aliphatic rings. The Balaban J connectivity index is 2.03. The van der Waals surface area contributed by atoms with Crippen LogP contribution in [0.4, 0.5) is 5.69 Å². The van der Waals surface area contributed by atoms with Gasteiger partial charge in [-0.05, 0) is 44.9 Å². The molecule has 1 amide bonds. The van der Waals surface area contributed by atoms with Gasteiger partial charge in [0.25, 0.3) is 5.91 Å². The number of fused-ring (bicyclic) bond motifs is 1. The predicted octanol–water partition coefficient (Wildman–Crippen LogP) is 3.44. The summed E-state index contributed by atoms with van der Waals surface area (Å²) in [6, 6.07) is 11.0. The van der Waals surface area contributed by atoms with E-state index in [-0.39, 0.29) is 12.2 Å². The summed E-state index contributed by atoms with van der Waals surface area (Å²) in [6.07, 6.45) is -0.246. The number of aliphatic hydroxyl groups is 1. The molecule has 1 N–H and O–H groups in total. The van der Waals surface area contributed by atoms with Crippen molar-refractivity contribution in [3.05, 3.63) is 64.2 Å². The molecule has 25 heavy (non-hydrogen) atoms. The third-order valence-corrected chi connectivity index (χ3v) is 4.93. The van der Waals surface area contributed by atoms with E-state index in [1.807, 2.05) is 52.0 Å². The lowest BCUT2D eigenvalue weighted by Crippen LogP contribution is -2.41. The minimum absolute atomic E-state index is 0.210. The van der Waals surface area contributed by atoms with Crippen LogP contribution in [0.15, 0.2) is 36.4 Å². The molecule has 0 spiro atoms. The van der Waals surface area contributed by atoms with Gasteiger partial charge in [-0.25, -0.2) is 0 Å². The topological polar surface area (TPSA) is 57.6 Å². The van der Waals surface area contributed by atoms with Gasteiger partial charge in [0.15, 0.2) is 11.4 Å². The molecule has 0 aliphatic carbocycles. The molecule has 0 unspecified atom stereocenters. The second kappa shape index (κ2) is 6.12. The Morgan fingerprint density at radius 1 is 1.12 bits per heavy atom. The Labute approximate surface area is 148 Å². The molecule has 0 saturated carbocycles. The van der Waals surface area contributed by atoms with Crippen molar-refractivity contribution in [1.29, 1.82) is 0 Å². The molecule has 0 aromatic heterocycles. The van der Waals surface area contributed by atoms with E-state index in [4.69, 9.17) is 0 Å². The van der Waals surface area contributed by atoms with E-state index >= 15 is 0 Å². The number of nitrogens with zero attached hydrogens (tertiary/aromatic N) is 1. The Bertz CT molecular complexity index is 848. The maximum Gasteiger partial charge on any atom is 0.264 e. The number of amides is 1. The fourth-order valence-electron chi connectivity index (χ4n) is 3.93. The van der Waals surface area contributed by atoms with Gasteiger partial charge in [0, 0.05) is 17.7 Å². The molecule has 0 fully saturated rings. The first-order chi connectivity index (χ1) is 11.8. The van der Waals surface area contributed by atoms with Crippen molar-refractivity contribution in [2.45, 2.75) is 39.7 Å². The molecule has 130 valence electrons. The van der Waals surface area contributed by atoms with Crippen molar-refractivity contribution in [3.63, 3.8) is 0 Å². The molecule has 4 heteroatoms. The minimum Gasteiger partial charge on any atom is -0.375 e. The molecule has 0 radical (unpaired) electrons. The Hall–Kier alpha value is -2.46. The zero-order chi connectivity index (χ0) is 18.4. The molecule has 0 bridgehead atoms. The second-order valence-electron chi connectivity index (χ2n) is 6.80. The number of rotatable bonds is 4. The fraction of sp³-hybridized carbons (Fsp3) is 0.333. The van der Waals surface area contributed by atoms with Gasteiger partial charge in [0.2, 0.25) is 0 Å². The van der Waals surface area contributed by atoms with Crippen LogP contribution in [0, 0.1) is 20.8 Å². The van der Waals surface area contributed by atoms with Crippen molar-refractivity contribution in [3.8, 4) is 0 Å². The molecule has 1 heterocycles. The van der Waals surface area contributed by atoms with Gasteiger partial charge in [-0.3, -0.25) is 9.59 Å². The minimum atomic E-state index is -1.80. The first-order valence-corrected chi connectivity index (χ1v) is 8.54. The molecule has 0 saturated heterocycles. The van der Waals surface area contributed by atoms with Crippen molar-refractivity contribution in [2.24, 2.45) is 0 Å². The Morgan fingerprint density at radius 3 is 2.32 bits per heavy atom. The number of hydrogen-bond donors (Lipinski definition) is 1. The lowest BCUT2D eigenvalue weighted by atomic mass is 9.85. The monoisotopic (exact) mass is 337 g/mol. The van der Waals surface area contributed by atoms with E-state index in [9.17, 15) is 14.7 Å². The van der Waals surface area contributed by atoms with Crippen molar-refractivity contribution in [2.75, 3.05) is 11.4 Å². The van der Waals surface area contributed by atoms with E-state index in [2.05, 4.69) is 0 Å². The molecule has 3 rings (SSSR count). The quantitative estimate of drug-likeness (QED) is 0.870. The number of Topliss-reactive ketones (excluding diaryl/α,β-unsaturated/α-hetero) is 1. The van der Waals surface area contributed by atoms with Crippen LogP contribution in [-0.2, 0) is 10.4 Å². The van der Waals surface area contributed by atoms with E-state index < -0.39 is 11.5 Å². The van der Waals surface area contributed by atoms with Crippen LogP contribution in [0.2, 0.25) is 0 Å². The number of benzene rings is 2. The number of anilines is 1. The molecular formula is C21H23NO3.